The molecule has 0 amide bonds. The van der Waals surface area contributed by atoms with Crippen molar-refractivity contribution in [1.29, 1.82) is 5.26 Å². The summed E-state index contributed by atoms with van der Waals surface area (Å²) in [4.78, 5) is 0. The Morgan fingerprint density at radius 3 is 2.69 bits per heavy atom. The van der Waals surface area contributed by atoms with Crippen LogP contribution < -0.4 is 0 Å². The molecule has 0 aliphatic carbocycles. The number of para-hydroxylation sites is 1. The Labute approximate surface area is 93.9 Å². The molecule has 0 saturated heterocycles. The molecule has 1 heterocycles. The maximum atomic E-state index is 10.0. The normalized spacial score (nSPS) is 13.6. The molecule has 2 rings (SSSR count). The smallest absolute Gasteiger partial charge is 0.135 e. The maximum Gasteiger partial charge on any atom is 0.135 e. The number of hydrogen-bond donors (Lipinski definition) is 1. The van der Waals surface area contributed by atoms with Crippen molar-refractivity contribution < 1.29 is 9.52 Å². The van der Waals surface area contributed by atoms with Crippen molar-refractivity contribution in [3.05, 3.63) is 36.1 Å². The van der Waals surface area contributed by atoms with E-state index in [0.717, 1.165) is 11.0 Å². The summed E-state index contributed by atoms with van der Waals surface area (Å²) >= 11 is 0. The van der Waals surface area contributed by atoms with Crippen LogP contribution in [0.15, 0.2) is 34.7 Å². The summed E-state index contributed by atoms with van der Waals surface area (Å²) in [6.07, 6.45) is -0.912. The largest absolute Gasteiger partial charge is 0.458 e. The van der Waals surface area contributed by atoms with Gasteiger partial charge in [0.2, 0.25) is 0 Å². The number of nitriles is 1. The predicted molar refractivity (Wildman–Crippen MR) is 60.6 cm³/mol. The third-order valence-electron chi connectivity index (χ3n) is 2.69. The molecule has 82 valence electrons. The van der Waals surface area contributed by atoms with Gasteiger partial charge < -0.3 is 9.52 Å². The quantitative estimate of drug-likeness (QED) is 0.837. The topological polar surface area (TPSA) is 57.2 Å². The molecule has 1 aromatic carbocycles. The lowest BCUT2D eigenvalue weighted by Crippen LogP contribution is -2.19. The summed E-state index contributed by atoms with van der Waals surface area (Å²) in [5.41, 5.74) is -0.126. The van der Waals surface area contributed by atoms with Crippen LogP contribution in [0.3, 0.4) is 0 Å². The zero-order chi connectivity index (χ0) is 11.8. The number of rotatable bonds is 2. The Hall–Kier alpha value is -1.79. The number of fused-ring (bicyclic) bond motifs is 1. The van der Waals surface area contributed by atoms with Gasteiger partial charge in [-0.25, -0.2) is 0 Å². The first-order valence-electron chi connectivity index (χ1n) is 5.12. The van der Waals surface area contributed by atoms with Crippen LogP contribution in [0.1, 0.15) is 25.7 Å². The first kappa shape index (κ1) is 10.7. The molecule has 1 N–H and O–H groups in total. The fourth-order valence-corrected chi connectivity index (χ4v) is 1.55. The van der Waals surface area contributed by atoms with Gasteiger partial charge in [-0.05, 0) is 26.0 Å². The highest BCUT2D eigenvalue weighted by Gasteiger charge is 2.31. The highest BCUT2D eigenvalue weighted by Crippen LogP contribution is 2.35. The van der Waals surface area contributed by atoms with E-state index in [2.05, 4.69) is 6.07 Å². The van der Waals surface area contributed by atoms with E-state index >= 15 is 0 Å². The van der Waals surface area contributed by atoms with Crippen molar-refractivity contribution in [2.24, 2.45) is 5.41 Å². The molecule has 1 unspecified atom stereocenters. The molecule has 16 heavy (non-hydrogen) atoms. The number of furan rings is 1. The molecule has 1 atom stereocenters. The number of nitrogens with zero attached hydrogens (tertiary/aromatic N) is 1. The minimum absolute atomic E-state index is 0.438. The van der Waals surface area contributed by atoms with Crippen LogP contribution >= 0.6 is 0 Å². The molecule has 0 bridgehead atoms. The molecule has 0 fully saturated rings. The van der Waals surface area contributed by atoms with Gasteiger partial charge in [0.05, 0.1) is 11.5 Å². The van der Waals surface area contributed by atoms with Crippen molar-refractivity contribution in [2.75, 3.05) is 0 Å². The molecule has 0 radical (unpaired) electrons. The Morgan fingerprint density at radius 2 is 2.06 bits per heavy atom. The average Bonchev–Trinajstić information content (AvgIpc) is 2.71. The van der Waals surface area contributed by atoms with Crippen LogP contribution in [0.25, 0.3) is 11.0 Å². The van der Waals surface area contributed by atoms with Crippen LogP contribution in [-0.4, -0.2) is 5.11 Å². The standard InChI is InChI=1S/C13H13NO2/c1-13(2,8-14)12(15)11-7-9-5-3-4-6-10(9)16-11/h3-7,12,15H,1-2H3. The third-order valence-corrected chi connectivity index (χ3v) is 2.69. The van der Waals surface area contributed by atoms with E-state index in [0.29, 0.717) is 5.76 Å². The van der Waals surface area contributed by atoms with Crippen LogP contribution in [0.2, 0.25) is 0 Å². The van der Waals surface area contributed by atoms with Gasteiger partial charge in [-0.3, -0.25) is 0 Å². The maximum absolute atomic E-state index is 10.0. The number of aliphatic hydroxyl groups excluding tert-OH is 1. The van der Waals surface area contributed by atoms with Crippen LogP contribution in [-0.2, 0) is 0 Å². The van der Waals surface area contributed by atoms with E-state index < -0.39 is 11.5 Å². The van der Waals surface area contributed by atoms with E-state index in [4.69, 9.17) is 9.68 Å². The van der Waals surface area contributed by atoms with Crippen molar-refractivity contribution in [3.63, 3.8) is 0 Å². The summed E-state index contributed by atoms with van der Waals surface area (Å²) in [7, 11) is 0. The molecule has 2 aromatic rings. The van der Waals surface area contributed by atoms with Gasteiger partial charge in [0.25, 0.3) is 0 Å². The van der Waals surface area contributed by atoms with Crippen molar-refractivity contribution in [1.82, 2.24) is 0 Å². The van der Waals surface area contributed by atoms with E-state index in [1.807, 2.05) is 24.3 Å². The number of benzene rings is 1. The monoisotopic (exact) mass is 215 g/mol. The highest BCUT2D eigenvalue weighted by molar-refractivity contribution is 5.77. The lowest BCUT2D eigenvalue weighted by Gasteiger charge is -2.20. The second-order valence-corrected chi connectivity index (χ2v) is 4.42. The van der Waals surface area contributed by atoms with Gasteiger partial charge >= 0.3 is 0 Å². The summed E-state index contributed by atoms with van der Waals surface area (Å²) in [5.74, 6) is 0.438. The lowest BCUT2D eigenvalue weighted by atomic mass is 9.87. The molecule has 0 aliphatic heterocycles. The molecule has 0 saturated carbocycles. The van der Waals surface area contributed by atoms with Gasteiger partial charge in [0.15, 0.2) is 0 Å². The van der Waals surface area contributed by atoms with E-state index in [-0.39, 0.29) is 0 Å². The van der Waals surface area contributed by atoms with E-state index in [1.165, 1.54) is 0 Å². The van der Waals surface area contributed by atoms with Crippen molar-refractivity contribution in [3.8, 4) is 6.07 Å². The Morgan fingerprint density at radius 1 is 1.38 bits per heavy atom. The summed E-state index contributed by atoms with van der Waals surface area (Å²) < 4.78 is 5.52. The van der Waals surface area contributed by atoms with Gasteiger partial charge in [-0.2, -0.15) is 5.26 Å². The van der Waals surface area contributed by atoms with Gasteiger partial charge in [0.1, 0.15) is 17.4 Å². The Bertz CT molecular complexity index is 515. The first-order valence-corrected chi connectivity index (χ1v) is 5.12. The van der Waals surface area contributed by atoms with Gasteiger partial charge in [-0.15, -0.1) is 0 Å². The zero-order valence-electron chi connectivity index (χ0n) is 9.27. The first-order chi connectivity index (χ1) is 7.54. The van der Waals surface area contributed by atoms with Crippen molar-refractivity contribution in [2.45, 2.75) is 20.0 Å². The summed E-state index contributed by atoms with van der Waals surface area (Å²) in [6, 6.07) is 11.4. The molecule has 0 aliphatic rings. The third kappa shape index (κ3) is 1.68. The Kier molecular flexibility index (Phi) is 2.45. The van der Waals surface area contributed by atoms with E-state index in [9.17, 15) is 5.11 Å². The van der Waals surface area contributed by atoms with Crippen LogP contribution in [0.4, 0.5) is 0 Å². The molecule has 1 aromatic heterocycles. The van der Waals surface area contributed by atoms with Crippen molar-refractivity contribution >= 4 is 11.0 Å². The van der Waals surface area contributed by atoms with Crippen LogP contribution in [0, 0.1) is 16.7 Å². The SMILES string of the molecule is CC(C)(C#N)C(O)c1cc2ccccc2o1. The number of aliphatic hydroxyl groups is 1. The fraction of sp³-hybridized carbons (Fsp3) is 0.308. The average molecular weight is 215 g/mol. The summed E-state index contributed by atoms with van der Waals surface area (Å²) in [6.45, 7) is 3.37. The van der Waals surface area contributed by atoms with Gasteiger partial charge in [-0.1, -0.05) is 18.2 Å². The fourth-order valence-electron chi connectivity index (χ4n) is 1.55. The van der Waals surface area contributed by atoms with E-state index in [1.54, 1.807) is 19.9 Å². The second kappa shape index (κ2) is 3.66. The molecule has 3 nitrogen and oxygen atoms in total. The minimum Gasteiger partial charge on any atom is -0.458 e. The molecular weight excluding hydrogens is 202 g/mol. The second-order valence-electron chi connectivity index (χ2n) is 4.42. The van der Waals surface area contributed by atoms with Gasteiger partial charge in [0, 0.05) is 5.39 Å². The summed E-state index contributed by atoms with van der Waals surface area (Å²) in [5, 5.41) is 19.9. The lowest BCUT2D eigenvalue weighted by molar-refractivity contribution is 0.0672. The minimum atomic E-state index is -0.912. The molecule has 0 spiro atoms. The molecule has 3 heteroatoms. The zero-order valence-corrected chi connectivity index (χ0v) is 9.27. The Balaban J connectivity index is 2.45. The molecular formula is C13H13NO2. The number of hydrogen-bond acceptors (Lipinski definition) is 3. The predicted octanol–water partition coefficient (Wildman–Crippen LogP) is 3.02. The highest BCUT2D eigenvalue weighted by atomic mass is 16.4. The van der Waals surface area contributed by atoms with Crippen LogP contribution in [0.5, 0.6) is 0 Å².